The van der Waals surface area contributed by atoms with Crippen LogP contribution in [0.2, 0.25) is 10.0 Å². The number of benzene rings is 1. The highest BCUT2D eigenvalue weighted by Gasteiger charge is 2.40. The lowest BCUT2D eigenvalue weighted by Crippen LogP contribution is -2.38. The standard InChI is InChI=1S/C17H20Cl2N2O2/c1-9-14(18)5-11(6-15(9)19)17(23)21(2)13-3-10-7-16(22)20-8-12(10)4-13/h5-6,10,12-13H,3-4,7-8H2,1-2H3,(H,20,22)/t10-,12+,13-/m1/s1. The third-order valence-electron chi connectivity index (χ3n) is 5.22. The van der Waals surface area contributed by atoms with E-state index in [1.54, 1.807) is 17.0 Å². The molecular weight excluding hydrogens is 335 g/mol. The van der Waals surface area contributed by atoms with Gasteiger partial charge in [0, 0.05) is 41.7 Å². The number of hydrogen-bond acceptors (Lipinski definition) is 2. The Morgan fingerprint density at radius 2 is 1.83 bits per heavy atom. The van der Waals surface area contributed by atoms with Crippen LogP contribution in [0, 0.1) is 18.8 Å². The third kappa shape index (κ3) is 3.20. The van der Waals surface area contributed by atoms with Crippen molar-refractivity contribution in [3.8, 4) is 0 Å². The first-order valence-electron chi connectivity index (χ1n) is 7.86. The van der Waals surface area contributed by atoms with Crippen LogP contribution in [-0.4, -0.2) is 36.3 Å². The SMILES string of the molecule is Cc1c(Cl)cc(C(=O)N(C)[C@H]2C[C@H]3CNC(=O)C[C@H]3C2)cc1Cl. The van der Waals surface area contributed by atoms with E-state index in [2.05, 4.69) is 5.32 Å². The summed E-state index contributed by atoms with van der Waals surface area (Å²) in [5.41, 5.74) is 1.29. The predicted octanol–water partition coefficient (Wildman–Crippen LogP) is 3.29. The lowest BCUT2D eigenvalue weighted by atomic mass is 9.89. The van der Waals surface area contributed by atoms with Crippen molar-refractivity contribution in [1.29, 1.82) is 0 Å². The van der Waals surface area contributed by atoms with Gasteiger partial charge in [-0.05, 0) is 49.3 Å². The molecule has 0 radical (unpaired) electrons. The van der Waals surface area contributed by atoms with Crippen molar-refractivity contribution in [2.45, 2.75) is 32.2 Å². The Morgan fingerprint density at radius 1 is 1.22 bits per heavy atom. The Labute approximate surface area is 146 Å². The third-order valence-corrected chi connectivity index (χ3v) is 6.01. The second-order valence-electron chi connectivity index (χ2n) is 6.63. The fourth-order valence-corrected chi connectivity index (χ4v) is 4.18. The average Bonchev–Trinajstić information content (AvgIpc) is 2.93. The number of fused-ring (bicyclic) bond motifs is 1. The highest BCUT2D eigenvalue weighted by atomic mass is 35.5. The van der Waals surface area contributed by atoms with Gasteiger partial charge in [-0.3, -0.25) is 9.59 Å². The normalized spacial score (nSPS) is 26.6. The number of carbonyl (C=O) groups is 2. The van der Waals surface area contributed by atoms with E-state index in [4.69, 9.17) is 23.2 Å². The Kier molecular flexibility index (Phi) is 4.56. The monoisotopic (exact) mass is 354 g/mol. The van der Waals surface area contributed by atoms with Gasteiger partial charge >= 0.3 is 0 Å². The van der Waals surface area contributed by atoms with Gasteiger partial charge in [-0.15, -0.1) is 0 Å². The molecule has 0 spiro atoms. The molecule has 3 rings (SSSR count). The molecule has 124 valence electrons. The number of piperidine rings is 1. The van der Waals surface area contributed by atoms with E-state index in [0.717, 1.165) is 24.9 Å². The van der Waals surface area contributed by atoms with E-state index < -0.39 is 0 Å². The number of nitrogens with one attached hydrogen (secondary N) is 1. The van der Waals surface area contributed by atoms with E-state index in [1.807, 2.05) is 14.0 Å². The van der Waals surface area contributed by atoms with Gasteiger partial charge in [0.25, 0.3) is 5.91 Å². The zero-order valence-electron chi connectivity index (χ0n) is 13.2. The minimum Gasteiger partial charge on any atom is -0.356 e. The molecule has 23 heavy (non-hydrogen) atoms. The molecule has 2 aliphatic rings. The highest BCUT2D eigenvalue weighted by molar-refractivity contribution is 6.36. The maximum atomic E-state index is 12.7. The average molecular weight is 355 g/mol. The molecule has 0 unspecified atom stereocenters. The molecule has 6 heteroatoms. The van der Waals surface area contributed by atoms with E-state index in [-0.39, 0.29) is 17.9 Å². The maximum absolute atomic E-state index is 12.7. The largest absolute Gasteiger partial charge is 0.356 e. The summed E-state index contributed by atoms with van der Waals surface area (Å²) in [5.74, 6) is 0.905. The van der Waals surface area contributed by atoms with Crippen molar-refractivity contribution >= 4 is 35.0 Å². The lowest BCUT2D eigenvalue weighted by Gasteiger charge is -2.25. The summed E-state index contributed by atoms with van der Waals surface area (Å²) in [5, 5.41) is 3.93. The minimum atomic E-state index is -0.0725. The second kappa shape index (κ2) is 6.33. The number of amides is 2. The highest BCUT2D eigenvalue weighted by Crippen LogP contribution is 2.38. The van der Waals surface area contributed by atoms with Gasteiger partial charge in [-0.1, -0.05) is 23.2 Å². The lowest BCUT2D eigenvalue weighted by molar-refractivity contribution is -0.124. The molecule has 1 saturated carbocycles. The maximum Gasteiger partial charge on any atom is 0.253 e. The van der Waals surface area contributed by atoms with Crippen molar-refractivity contribution in [2.24, 2.45) is 11.8 Å². The number of carbonyl (C=O) groups excluding carboxylic acids is 2. The van der Waals surface area contributed by atoms with E-state index in [0.29, 0.717) is 33.9 Å². The van der Waals surface area contributed by atoms with Gasteiger partial charge in [-0.25, -0.2) is 0 Å². The molecule has 1 saturated heterocycles. The summed E-state index contributed by atoms with van der Waals surface area (Å²) >= 11 is 12.3. The fraction of sp³-hybridized carbons (Fsp3) is 0.529. The van der Waals surface area contributed by atoms with Gasteiger partial charge in [0.05, 0.1) is 0 Å². The van der Waals surface area contributed by atoms with E-state index in [9.17, 15) is 9.59 Å². The van der Waals surface area contributed by atoms with Crippen molar-refractivity contribution < 1.29 is 9.59 Å². The second-order valence-corrected chi connectivity index (χ2v) is 7.45. The van der Waals surface area contributed by atoms with Crippen molar-refractivity contribution in [2.75, 3.05) is 13.6 Å². The zero-order valence-corrected chi connectivity index (χ0v) is 14.7. The zero-order chi connectivity index (χ0) is 16.7. The fourth-order valence-electron chi connectivity index (χ4n) is 3.69. The van der Waals surface area contributed by atoms with Crippen LogP contribution in [0.5, 0.6) is 0 Å². The molecule has 1 heterocycles. The molecular formula is C17H20Cl2N2O2. The van der Waals surface area contributed by atoms with Crippen LogP contribution < -0.4 is 5.32 Å². The Balaban J connectivity index is 1.74. The number of hydrogen-bond donors (Lipinski definition) is 1. The number of rotatable bonds is 2. The molecule has 1 N–H and O–H groups in total. The van der Waals surface area contributed by atoms with E-state index in [1.165, 1.54) is 0 Å². The van der Waals surface area contributed by atoms with Crippen LogP contribution in [0.25, 0.3) is 0 Å². The van der Waals surface area contributed by atoms with Gasteiger partial charge < -0.3 is 10.2 Å². The van der Waals surface area contributed by atoms with Gasteiger partial charge in [-0.2, -0.15) is 0 Å². The first-order chi connectivity index (χ1) is 10.9. The summed E-state index contributed by atoms with van der Waals surface area (Å²) in [6, 6.07) is 3.51. The molecule has 1 aromatic carbocycles. The molecule has 2 amide bonds. The minimum absolute atomic E-state index is 0.0725. The smallest absolute Gasteiger partial charge is 0.253 e. The van der Waals surface area contributed by atoms with Crippen molar-refractivity contribution in [1.82, 2.24) is 10.2 Å². The summed E-state index contributed by atoms with van der Waals surface area (Å²) in [7, 11) is 1.82. The van der Waals surface area contributed by atoms with Gasteiger partial charge in [0.1, 0.15) is 0 Å². The van der Waals surface area contributed by atoms with Gasteiger partial charge in [0.2, 0.25) is 5.91 Å². The van der Waals surface area contributed by atoms with Crippen LogP contribution >= 0.6 is 23.2 Å². The molecule has 2 fully saturated rings. The molecule has 1 aliphatic heterocycles. The molecule has 0 bridgehead atoms. The Morgan fingerprint density at radius 3 is 2.48 bits per heavy atom. The molecule has 1 aromatic rings. The summed E-state index contributed by atoms with van der Waals surface area (Å²) in [6.07, 6.45) is 2.39. The summed E-state index contributed by atoms with van der Waals surface area (Å²) in [6.45, 7) is 2.55. The van der Waals surface area contributed by atoms with Crippen molar-refractivity contribution in [3.63, 3.8) is 0 Å². The van der Waals surface area contributed by atoms with Crippen molar-refractivity contribution in [3.05, 3.63) is 33.3 Å². The molecule has 4 nitrogen and oxygen atoms in total. The molecule has 1 aliphatic carbocycles. The van der Waals surface area contributed by atoms with Gasteiger partial charge in [0.15, 0.2) is 0 Å². The Hall–Kier alpha value is -1.26. The predicted molar refractivity (Wildman–Crippen MR) is 90.9 cm³/mol. The van der Waals surface area contributed by atoms with Crippen LogP contribution in [0.1, 0.15) is 35.2 Å². The first-order valence-corrected chi connectivity index (χ1v) is 8.62. The van der Waals surface area contributed by atoms with Crippen LogP contribution in [0.4, 0.5) is 0 Å². The topological polar surface area (TPSA) is 49.4 Å². The van der Waals surface area contributed by atoms with Crippen LogP contribution in [-0.2, 0) is 4.79 Å². The van der Waals surface area contributed by atoms with Crippen LogP contribution in [0.3, 0.4) is 0 Å². The summed E-state index contributed by atoms with van der Waals surface area (Å²) < 4.78 is 0. The Bertz CT molecular complexity index is 639. The molecule has 3 atom stereocenters. The van der Waals surface area contributed by atoms with E-state index >= 15 is 0 Å². The van der Waals surface area contributed by atoms with Crippen LogP contribution in [0.15, 0.2) is 12.1 Å². The molecule has 0 aromatic heterocycles. The number of nitrogens with zero attached hydrogens (tertiary/aromatic N) is 1. The quantitative estimate of drug-likeness (QED) is 0.885. The number of halogens is 2. The first kappa shape index (κ1) is 16.6. The summed E-state index contributed by atoms with van der Waals surface area (Å²) in [4.78, 5) is 26.0.